The predicted octanol–water partition coefficient (Wildman–Crippen LogP) is 3.54. The average Bonchev–Trinajstić information content (AvgIpc) is 3.09. The molecule has 0 aliphatic heterocycles. The number of aromatic nitrogens is 1. The van der Waals surface area contributed by atoms with E-state index in [0.717, 1.165) is 0 Å². The highest BCUT2D eigenvalue weighted by Crippen LogP contribution is 2.17. The van der Waals surface area contributed by atoms with Gasteiger partial charge in [0.05, 0.1) is 11.3 Å². The summed E-state index contributed by atoms with van der Waals surface area (Å²) in [6.45, 7) is 1.69. The van der Waals surface area contributed by atoms with Crippen LogP contribution < -0.4 is 5.32 Å². The maximum Gasteiger partial charge on any atom is 0.338 e. The Balaban J connectivity index is 1.71. The van der Waals surface area contributed by atoms with Crippen LogP contribution in [0.3, 0.4) is 0 Å². The maximum atomic E-state index is 13.6. The fourth-order valence-electron chi connectivity index (χ4n) is 2.28. The highest BCUT2D eigenvalue weighted by molar-refractivity contribution is 5.98. The number of rotatable bonds is 5. The molecule has 0 aliphatic carbocycles. The monoisotopic (exact) mass is 342 g/mol. The van der Waals surface area contributed by atoms with Gasteiger partial charge in [-0.2, -0.15) is 0 Å². The SMILES string of the molecule is CCC(OC(=O)c1ccc2ocnc2c1)C(=O)Nc1ccccc1F. The largest absolute Gasteiger partial charge is 0.449 e. The highest BCUT2D eigenvalue weighted by atomic mass is 19.1. The van der Waals surface area contributed by atoms with Crippen molar-refractivity contribution in [2.24, 2.45) is 0 Å². The number of hydrogen-bond donors (Lipinski definition) is 1. The number of hydrogen-bond acceptors (Lipinski definition) is 5. The predicted molar refractivity (Wildman–Crippen MR) is 88.5 cm³/mol. The standard InChI is InChI=1S/C18H15FN2O4/c1-2-15(17(22)21-13-6-4-3-5-12(13)19)25-18(23)11-7-8-16-14(9-11)20-10-24-16/h3-10,15H,2H2,1H3,(H,21,22). The third kappa shape index (κ3) is 3.65. The zero-order valence-electron chi connectivity index (χ0n) is 13.4. The molecule has 1 unspecified atom stereocenters. The maximum absolute atomic E-state index is 13.6. The quantitative estimate of drug-likeness (QED) is 0.717. The Hall–Kier alpha value is -3.22. The fraction of sp³-hybridized carbons (Fsp3) is 0.167. The van der Waals surface area contributed by atoms with Crippen molar-refractivity contribution in [3.05, 3.63) is 60.2 Å². The van der Waals surface area contributed by atoms with Gasteiger partial charge in [0.25, 0.3) is 5.91 Å². The van der Waals surface area contributed by atoms with Crippen LogP contribution in [-0.4, -0.2) is 23.0 Å². The number of carbonyl (C=O) groups excluding carboxylic acids is 2. The van der Waals surface area contributed by atoms with Gasteiger partial charge in [-0.25, -0.2) is 14.2 Å². The van der Waals surface area contributed by atoms with Gasteiger partial charge >= 0.3 is 5.97 Å². The third-order valence-electron chi connectivity index (χ3n) is 3.61. The van der Waals surface area contributed by atoms with Crippen LogP contribution in [0.1, 0.15) is 23.7 Å². The molecular weight excluding hydrogens is 327 g/mol. The number of ether oxygens (including phenoxy) is 1. The first-order valence-corrected chi connectivity index (χ1v) is 7.68. The third-order valence-corrected chi connectivity index (χ3v) is 3.61. The number of fused-ring (bicyclic) bond motifs is 1. The first-order chi connectivity index (χ1) is 12.1. The summed E-state index contributed by atoms with van der Waals surface area (Å²) in [5, 5.41) is 2.43. The van der Waals surface area contributed by atoms with Gasteiger partial charge in [0.15, 0.2) is 18.1 Å². The molecule has 0 saturated heterocycles. The Labute approximate surface area is 142 Å². The van der Waals surface area contributed by atoms with Crippen LogP contribution in [0.2, 0.25) is 0 Å². The van der Waals surface area contributed by atoms with Crippen LogP contribution in [0.15, 0.2) is 53.3 Å². The molecule has 1 heterocycles. The molecule has 0 radical (unpaired) electrons. The number of carbonyl (C=O) groups is 2. The molecule has 7 heteroatoms. The van der Waals surface area contributed by atoms with Crippen LogP contribution in [0.5, 0.6) is 0 Å². The Morgan fingerprint density at radius 3 is 2.84 bits per heavy atom. The minimum atomic E-state index is -1.04. The molecule has 0 fully saturated rings. The lowest BCUT2D eigenvalue weighted by atomic mass is 10.2. The second-order valence-electron chi connectivity index (χ2n) is 5.31. The Kier molecular flexibility index (Phi) is 4.74. The Morgan fingerprint density at radius 1 is 1.28 bits per heavy atom. The number of oxazole rings is 1. The number of amides is 1. The van der Waals surface area contributed by atoms with E-state index in [1.807, 2.05) is 0 Å². The van der Waals surface area contributed by atoms with Crippen molar-refractivity contribution in [2.75, 3.05) is 5.32 Å². The molecule has 0 spiro atoms. The van der Waals surface area contributed by atoms with Crippen LogP contribution >= 0.6 is 0 Å². The summed E-state index contributed by atoms with van der Waals surface area (Å²) in [7, 11) is 0. The summed E-state index contributed by atoms with van der Waals surface area (Å²) in [6.07, 6.45) is 0.481. The summed E-state index contributed by atoms with van der Waals surface area (Å²) in [4.78, 5) is 28.5. The molecule has 3 rings (SSSR count). The number of nitrogens with one attached hydrogen (secondary N) is 1. The molecule has 1 amide bonds. The van der Waals surface area contributed by atoms with Crippen molar-refractivity contribution in [1.82, 2.24) is 4.98 Å². The first kappa shape index (κ1) is 16.6. The molecule has 25 heavy (non-hydrogen) atoms. The topological polar surface area (TPSA) is 81.4 Å². The number of benzene rings is 2. The Bertz CT molecular complexity index is 922. The molecule has 1 atom stereocenters. The molecule has 0 aliphatic rings. The highest BCUT2D eigenvalue weighted by Gasteiger charge is 2.23. The lowest BCUT2D eigenvalue weighted by Gasteiger charge is -2.16. The smallest absolute Gasteiger partial charge is 0.338 e. The van der Waals surface area contributed by atoms with Gasteiger partial charge in [0.2, 0.25) is 0 Å². The normalized spacial score (nSPS) is 11.9. The van der Waals surface area contributed by atoms with Gasteiger partial charge in [-0.1, -0.05) is 19.1 Å². The number of nitrogens with zero attached hydrogens (tertiary/aromatic N) is 1. The van der Waals surface area contributed by atoms with E-state index in [1.165, 1.54) is 36.7 Å². The minimum absolute atomic E-state index is 0.0333. The van der Waals surface area contributed by atoms with Crippen molar-refractivity contribution in [2.45, 2.75) is 19.4 Å². The van der Waals surface area contributed by atoms with Crippen LogP contribution in [0.25, 0.3) is 11.1 Å². The van der Waals surface area contributed by atoms with Crippen molar-refractivity contribution in [1.29, 1.82) is 0 Å². The molecule has 1 N–H and O–H groups in total. The van der Waals surface area contributed by atoms with Gasteiger partial charge in [0.1, 0.15) is 11.3 Å². The zero-order valence-corrected chi connectivity index (χ0v) is 13.4. The lowest BCUT2D eigenvalue weighted by molar-refractivity contribution is -0.124. The van der Waals surface area contributed by atoms with E-state index in [9.17, 15) is 14.0 Å². The summed E-state index contributed by atoms with van der Waals surface area (Å²) < 4.78 is 24.0. The fourth-order valence-corrected chi connectivity index (χ4v) is 2.28. The number of anilines is 1. The molecule has 2 aromatic carbocycles. The average molecular weight is 342 g/mol. The van der Waals surface area contributed by atoms with Crippen molar-refractivity contribution >= 4 is 28.7 Å². The zero-order chi connectivity index (χ0) is 17.8. The van der Waals surface area contributed by atoms with Gasteiger partial charge in [-0.15, -0.1) is 0 Å². The summed E-state index contributed by atoms with van der Waals surface area (Å²) in [5.74, 6) is -1.82. The van der Waals surface area contributed by atoms with Crippen molar-refractivity contribution in [3.63, 3.8) is 0 Å². The Morgan fingerprint density at radius 2 is 2.08 bits per heavy atom. The summed E-state index contributed by atoms with van der Waals surface area (Å²) in [5.41, 5.74) is 1.34. The number of esters is 1. The molecule has 128 valence electrons. The minimum Gasteiger partial charge on any atom is -0.449 e. The van der Waals surface area contributed by atoms with E-state index in [0.29, 0.717) is 11.1 Å². The van der Waals surface area contributed by atoms with E-state index in [2.05, 4.69) is 10.3 Å². The first-order valence-electron chi connectivity index (χ1n) is 7.68. The molecule has 6 nitrogen and oxygen atoms in total. The summed E-state index contributed by atoms with van der Waals surface area (Å²) in [6, 6.07) is 10.4. The second kappa shape index (κ2) is 7.12. The van der Waals surface area contributed by atoms with E-state index in [1.54, 1.807) is 19.1 Å². The molecule has 0 saturated carbocycles. The van der Waals surface area contributed by atoms with Crippen LogP contribution in [0.4, 0.5) is 10.1 Å². The van der Waals surface area contributed by atoms with Gasteiger partial charge in [-0.3, -0.25) is 4.79 Å². The summed E-state index contributed by atoms with van der Waals surface area (Å²) >= 11 is 0. The van der Waals surface area contributed by atoms with Crippen molar-refractivity contribution in [3.8, 4) is 0 Å². The van der Waals surface area contributed by atoms with E-state index >= 15 is 0 Å². The second-order valence-corrected chi connectivity index (χ2v) is 5.31. The van der Waals surface area contributed by atoms with Gasteiger partial charge in [-0.05, 0) is 36.8 Å². The van der Waals surface area contributed by atoms with E-state index in [-0.39, 0.29) is 17.7 Å². The number of halogens is 1. The van der Waals surface area contributed by atoms with Gasteiger partial charge in [0, 0.05) is 0 Å². The van der Waals surface area contributed by atoms with Crippen LogP contribution in [-0.2, 0) is 9.53 Å². The van der Waals surface area contributed by atoms with Crippen molar-refractivity contribution < 1.29 is 23.1 Å². The van der Waals surface area contributed by atoms with E-state index in [4.69, 9.17) is 9.15 Å². The molecular formula is C18H15FN2O4. The van der Waals surface area contributed by atoms with E-state index < -0.39 is 23.8 Å². The lowest BCUT2D eigenvalue weighted by Crippen LogP contribution is -2.32. The van der Waals surface area contributed by atoms with Crippen LogP contribution in [0, 0.1) is 5.82 Å². The van der Waals surface area contributed by atoms with Gasteiger partial charge < -0.3 is 14.5 Å². The molecule has 0 bridgehead atoms. The molecule has 1 aromatic heterocycles. The molecule has 3 aromatic rings. The number of para-hydroxylation sites is 1.